The maximum Gasteiger partial charge on any atom is 0.322 e. The molecule has 0 aliphatic carbocycles. The summed E-state index contributed by atoms with van der Waals surface area (Å²) in [6.07, 6.45) is 0.181. The van der Waals surface area contributed by atoms with Crippen LogP contribution in [0.5, 0.6) is 11.5 Å². The highest BCUT2D eigenvalue weighted by atomic mass is 16.6. The number of rotatable bonds is 5. The van der Waals surface area contributed by atoms with Gasteiger partial charge in [0.1, 0.15) is 6.04 Å². The standard InChI is InChI=1S/C20H29NO6/c1-19(2,3)17(23)26-14-9-8-12(10-13(21)16(22)25-7)11-15(14)27-18(24)20(4,5)6/h8-9,11,13H,10,21H2,1-7H3/t13-/m0/s1. The van der Waals surface area contributed by atoms with Crippen LogP contribution < -0.4 is 15.2 Å². The second-order valence-corrected chi connectivity index (χ2v) is 8.39. The molecule has 150 valence electrons. The largest absolute Gasteiger partial charge is 0.468 e. The topological polar surface area (TPSA) is 105 Å². The number of esters is 3. The van der Waals surface area contributed by atoms with Crippen LogP contribution in [-0.4, -0.2) is 31.1 Å². The van der Waals surface area contributed by atoms with Crippen LogP contribution >= 0.6 is 0 Å². The van der Waals surface area contributed by atoms with E-state index in [1.807, 2.05) is 0 Å². The number of carbonyl (C=O) groups excluding carboxylic acids is 3. The highest BCUT2D eigenvalue weighted by Gasteiger charge is 2.28. The van der Waals surface area contributed by atoms with Crippen molar-refractivity contribution in [1.29, 1.82) is 0 Å². The Morgan fingerprint density at radius 1 is 0.926 bits per heavy atom. The van der Waals surface area contributed by atoms with E-state index in [4.69, 9.17) is 15.2 Å². The molecule has 0 aromatic heterocycles. The van der Waals surface area contributed by atoms with Crippen LogP contribution in [-0.2, 0) is 25.5 Å². The molecule has 0 aliphatic rings. The van der Waals surface area contributed by atoms with Crippen LogP contribution in [0, 0.1) is 10.8 Å². The van der Waals surface area contributed by atoms with Gasteiger partial charge < -0.3 is 19.9 Å². The summed E-state index contributed by atoms with van der Waals surface area (Å²) >= 11 is 0. The number of hydrogen-bond donors (Lipinski definition) is 1. The Bertz CT molecular complexity index is 712. The zero-order chi connectivity index (χ0) is 21.0. The van der Waals surface area contributed by atoms with E-state index in [1.54, 1.807) is 47.6 Å². The average molecular weight is 379 g/mol. The summed E-state index contributed by atoms with van der Waals surface area (Å²) in [5, 5.41) is 0. The lowest BCUT2D eigenvalue weighted by Gasteiger charge is -2.21. The van der Waals surface area contributed by atoms with Gasteiger partial charge in [-0.05, 0) is 65.7 Å². The second kappa shape index (κ2) is 8.52. The van der Waals surface area contributed by atoms with E-state index >= 15 is 0 Å². The average Bonchev–Trinajstić information content (AvgIpc) is 2.54. The summed E-state index contributed by atoms with van der Waals surface area (Å²) in [6, 6.07) is 3.86. The molecule has 0 spiro atoms. The summed E-state index contributed by atoms with van der Waals surface area (Å²) < 4.78 is 15.5. The lowest BCUT2D eigenvalue weighted by molar-refractivity contribution is -0.145. The van der Waals surface area contributed by atoms with E-state index in [9.17, 15) is 14.4 Å². The number of nitrogens with two attached hydrogens (primary N) is 1. The molecule has 7 heteroatoms. The van der Waals surface area contributed by atoms with Crippen LogP contribution in [0.2, 0.25) is 0 Å². The van der Waals surface area contributed by atoms with Crippen LogP contribution in [0.25, 0.3) is 0 Å². The van der Waals surface area contributed by atoms with Crippen molar-refractivity contribution in [2.24, 2.45) is 16.6 Å². The van der Waals surface area contributed by atoms with Crippen molar-refractivity contribution in [3.63, 3.8) is 0 Å². The summed E-state index contributed by atoms with van der Waals surface area (Å²) in [4.78, 5) is 36.0. The van der Waals surface area contributed by atoms with E-state index < -0.39 is 34.8 Å². The van der Waals surface area contributed by atoms with Gasteiger partial charge in [0, 0.05) is 0 Å². The van der Waals surface area contributed by atoms with Gasteiger partial charge in [0.05, 0.1) is 17.9 Å². The van der Waals surface area contributed by atoms with Crippen molar-refractivity contribution < 1.29 is 28.6 Å². The number of benzene rings is 1. The Morgan fingerprint density at radius 3 is 1.85 bits per heavy atom. The smallest absolute Gasteiger partial charge is 0.322 e. The van der Waals surface area contributed by atoms with Crippen molar-refractivity contribution in [2.45, 2.75) is 54.0 Å². The first kappa shape index (κ1) is 22.6. The third-order valence-electron chi connectivity index (χ3n) is 3.60. The number of ether oxygens (including phenoxy) is 3. The summed E-state index contributed by atoms with van der Waals surface area (Å²) in [5.41, 5.74) is 4.96. The molecule has 0 bridgehead atoms. The molecule has 27 heavy (non-hydrogen) atoms. The molecule has 0 radical (unpaired) electrons. The van der Waals surface area contributed by atoms with Crippen LogP contribution in [0.3, 0.4) is 0 Å². The molecule has 0 aliphatic heterocycles. The van der Waals surface area contributed by atoms with Crippen LogP contribution in [0.1, 0.15) is 47.1 Å². The van der Waals surface area contributed by atoms with Gasteiger partial charge in [-0.3, -0.25) is 14.4 Å². The van der Waals surface area contributed by atoms with Crippen molar-refractivity contribution in [3.05, 3.63) is 23.8 Å². The third kappa shape index (κ3) is 6.67. The molecule has 0 heterocycles. The fourth-order valence-corrected chi connectivity index (χ4v) is 1.84. The molecule has 1 aromatic rings. The van der Waals surface area contributed by atoms with Gasteiger partial charge in [0.25, 0.3) is 0 Å². The highest BCUT2D eigenvalue weighted by Crippen LogP contribution is 2.32. The number of hydrogen-bond acceptors (Lipinski definition) is 7. The molecule has 0 saturated carbocycles. The molecule has 0 unspecified atom stereocenters. The molecule has 1 atom stereocenters. The minimum Gasteiger partial charge on any atom is -0.468 e. The monoisotopic (exact) mass is 379 g/mol. The highest BCUT2D eigenvalue weighted by molar-refractivity contribution is 5.81. The van der Waals surface area contributed by atoms with E-state index in [-0.39, 0.29) is 17.9 Å². The predicted octanol–water partition coefficient (Wildman–Crippen LogP) is 2.63. The van der Waals surface area contributed by atoms with E-state index in [2.05, 4.69) is 4.74 Å². The lowest BCUT2D eigenvalue weighted by Crippen LogP contribution is -2.33. The molecule has 1 rings (SSSR count). The molecule has 0 saturated heterocycles. The van der Waals surface area contributed by atoms with Gasteiger partial charge in [-0.15, -0.1) is 0 Å². The first-order valence-corrected chi connectivity index (χ1v) is 8.66. The SMILES string of the molecule is COC(=O)[C@@H](N)Cc1ccc(OC(=O)C(C)(C)C)c(OC(=O)C(C)(C)C)c1. The first-order chi connectivity index (χ1) is 12.3. The summed E-state index contributed by atoms with van der Waals surface area (Å²) in [7, 11) is 1.26. The molecule has 0 fully saturated rings. The molecule has 7 nitrogen and oxygen atoms in total. The Labute approximate surface area is 160 Å². The number of carbonyl (C=O) groups is 3. The Kier molecular flexibility index (Phi) is 7.14. The zero-order valence-electron chi connectivity index (χ0n) is 17.0. The van der Waals surface area contributed by atoms with Crippen molar-refractivity contribution >= 4 is 17.9 Å². The number of methoxy groups -OCH3 is 1. The van der Waals surface area contributed by atoms with Crippen molar-refractivity contribution in [1.82, 2.24) is 0 Å². The van der Waals surface area contributed by atoms with Crippen LogP contribution in [0.4, 0.5) is 0 Å². The first-order valence-electron chi connectivity index (χ1n) is 8.66. The molecule has 2 N–H and O–H groups in total. The molecule has 0 amide bonds. The predicted molar refractivity (Wildman–Crippen MR) is 100 cm³/mol. The summed E-state index contributed by atoms with van der Waals surface area (Å²) in [5.74, 6) is -1.27. The van der Waals surface area contributed by atoms with Gasteiger partial charge in [0.2, 0.25) is 0 Å². The van der Waals surface area contributed by atoms with Gasteiger partial charge in [0.15, 0.2) is 11.5 Å². The van der Waals surface area contributed by atoms with Gasteiger partial charge in [-0.1, -0.05) is 6.07 Å². The lowest BCUT2D eigenvalue weighted by atomic mass is 9.97. The fraction of sp³-hybridized carbons (Fsp3) is 0.550. The Hall–Kier alpha value is -2.41. The quantitative estimate of drug-likeness (QED) is 0.619. The molecule has 1 aromatic carbocycles. The van der Waals surface area contributed by atoms with Crippen LogP contribution in [0.15, 0.2) is 18.2 Å². The third-order valence-corrected chi connectivity index (χ3v) is 3.60. The zero-order valence-corrected chi connectivity index (χ0v) is 17.0. The normalized spacial score (nSPS) is 12.9. The van der Waals surface area contributed by atoms with Gasteiger partial charge in [-0.25, -0.2) is 0 Å². The second-order valence-electron chi connectivity index (χ2n) is 8.39. The van der Waals surface area contributed by atoms with E-state index in [0.29, 0.717) is 5.56 Å². The van der Waals surface area contributed by atoms with Crippen molar-refractivity contribution in [3.8, 4) is 11.5 Å². The molecular weight excluding hydrogens is 350 g/mol. The maximum absolute atomic E-state index is 12.3. The van der Waals surface area contributed by atoms with Gasteiger partial charge >= 0.3 is 17.9 Å². The van der Waals surface area contributed by atoms with E-state index in [1.165, 1.54) is 19.2 Å². The van der Waals surface area contributed by atoms with Crippen molar-refractivity contribution in [2.75, 3.05) is 7.11 Å². The Balaban J connectivity index is 3.20. The maximum atomic E-state index is 12.3. The minimum absolute atomic E-state index is 0.0992. The van der Waals surface area contributed by atoms with E-state index in [0.717, 1.165) is 0 Å². The van der Waals surface area contributed by atoms with Gasteiger partial charge in [-0.2, -0.15) is 0 Å². The molecular formula is C20H29NO6. The summed E-state index contributed by atoms with van der Waals surface area (Å²) in [6.45, 7) is 10.3. The fourth-order valence-electron chi connectivity index (χ4n) is 1.84. The minimum atomic E-state index is -0.857. The Morgan fingerprint density at radius 2 is 1.41 bits per heavy atom.